The van der Waals surface area contributed by atoms with Crippen LogP contribution in [0.4, 0.5) is 8.78 Å². The van der Waals surface area contributed by atoms with E-state index in [-0.39, 0.29) is 29.6 Å². The van der Waals surface area contributed by atoms with E-state index in [9.17, 15) is 8.78 Å². The molecule has 1 heterocycles. The van der Waals surface area contributed by atoms with Crippen LogP contribution >= 0.6 is 24.0 Å². The van der Waals surface area contributed by atoms with Crippen molar-refractivity contribution in [2.75, 3.05) is 0 Å². The van der Waals surface area contributed by atoms with Crippen molar-refractivity contribution >= 4 is 24.0 Å². The van der Waals surface area contributed by atoms with Gasteiger partial charge in [0.25, 0.3) is 5.89 Å². The third-order valence-electron chi connectivity index (χ3n) is 3.76. The molecular weight excluding hydrogens is 351 g/mol. The second-order valence-corrected chi connectivity index (χ2v) is 5.74. The van der Waals surface area contributed by atoms with E-state index in [0.29, 0.717) is 10.8 Å². The van der Waals surface area contributed by atoms with Gasteiger partial charge in [0.2, 0.25) is 0 Å². The van der Waals surface area contributed by atoms with Crippen molar-refractivity contribution in [3.8, 4) is 17.2 Å². The molecule has 0 atom stereocenters. The maximum absolute atomic E-state index is 12.5. The number of rotatable bonds is 4. The first-order chi connectivity index (χ1) is 10.5. The molecule has 126 valence electrons. The summed E-state index contributed by atoms with van der Waals surface area (Å²) in [6.07, 6.45) is 3.53. The van der Waals surface area contributed by atoms with Crippen LogP contribution in [0.1, 0.15) is 31.5 Å². The summed E-state index contributed by atoms with van der Waals surface area (Å²) in [6.45, 7) is -2.96. The Morgan fingerprint density at radius 2 is 2.00 bits per heavy atom. The van der Waals surface area contributed by atoms with E-state index in [1.54, 1.807) is 0 Å². The summed E-state index contributed by atoms with van der Waals surface area (Å²) in [5.74, 6) is 0.361. The number of benzene rings is 1. The van der Waals surface area contributed by atoms with Crippen molar-refractivity contribution in [1.82, 2.24) is 10.1 Å². The molecule has 23 heavy (non-hydrogen) atoms. The number of nitrogens with zero attached hydrogens (tertiary/aromatic N) is 2. The lowest BCUT2D eigenvalue weighted by Crippen LogP contribution is -2.34. The van der Waals surface area contributed by atoms with Gasteiger partial charge in [-0.3, -0.25) is 0 Å². The summed E-state index contributed by atoms with van der Waals surface area (Å²) < 4.78 is 34.6. The summed E-state index contributed by atoms with van der Waals surface area (Å²) in [4.78, 5) is 4.26. The average molecular weight is 366 g/mol. The van der Waals surface area contributed by atoms with Crippen molar-refractivity contribution in [2.24, 2.45) is 5.73 Å². The number of nitrogens with two attached hydrogens (primary N) is 1. The molecule has 9 heteroatoms. The Morgan fingerprint density at radius 3 is 2.65 bits per heavy atom. The van der Waals surface area contributed by atoms with Crippen molar-refractivity contribution in [2.45, 2.75) is 37.8 Å². The van der Waals surface area contributed by atoms with Crippen LogP contribution in [-0.4, -0.2) is 16.8 Å². The summed E-state index contributed by atoms with van der Waals surface area (Å²) in [5.41, 5.74) is 5.85. The molecule has 3 rings (SSSR count). The molecule has 0 unspecified atom stereocenters. The number of hydrogen-bond donors (Lipinski definition) is 1. The normalized spacial score (nSPS) is 16.4. The zero-order chi connectivity index (χ0) is 15.7. The Balaban J connectivity index is 0.00000192. The van der Waals surface area contributed by atoms with Gasteiger partial charge >= 0.3 is 6.61 Å². The maximum atomic E-state index is 12.5. The maximum Gasteiger partial charge on any atom is 0.387 e. The average Bonchev–Trinajstić information content (AvgIpc) is 3.10. The molecule has 5 nitrogen and oxygen atoms in total. The standard InChI is InChI=1S/C14H14ClF2N3O2.ClH/c15-8-3-4-10(21-13(16)17)9(7-8)11-19-12(20-22-11)14(18)5-1-2-6-14;/h3-4,7,13H,1-2,5-6,18H2;1H. The fraction of sp³-hybridized carbons (Fsp3) is 0.429. The van der Waals surface area contributed by atoms with Crippen LogP contribution in [0.2, 0.25) is 5.02 Å². The zero-order valence-electron chi connectivity index (χ0n) is 12.0. The van der Waals surface area contributed by atoms with Gasteiger partial charge in [-0.05, 0) is 31.0 Å². The Kier molecular flexibility index (Phi) is 5.44. The smallest absolute Gasteiger partial charge is 0.387 e. The van der Waals surface area contributed by atoms with Crippen molar-refractivity contribution in [3.05, 3.63) is 29.0 Å². The highest BCUT2D eigenvalue weighted by atomic mass is 35.5. The lowest BCUT2D eigenvalue weighted by Gasteiger charge is -2.17. The van der Waals surface area contributed by atoms with E-state index in [0.717, 1.165) is 25.7 Å². The highest BCUT2D eigenvalue weighted by Gasteiger charge is 2.36. The largest absolute Gasteiger partial charge is 0.434 e. The molecule has 1 aromatic carbocycles. The van der Waals surface area contributed by atoms with Crippen LogP contribution in [0, 0.1) is 0 Å². The monoisotopic (exact) mass is 365 g/mol. The number of aromatic nitrogens is 2. The number of halogens is 4. The first-order valence-electron chi connectivity index (χ1n) is 6.86. The summed E-state index contributed by atoms with van der Waals surface area (Å²) in [6, 6.07) is 4.22. The van der Waals surface area contributed by atoms with Crippen molar-refractivity contribution in [1.29, 1.82) is 0 Å². The van der Waals surface area contributed by atoms with Gasteiger partial charge in [-0.25, -0.2) is 0 Å². The summed E-state index contributed by atoms with van der Waals surface area (Å²) in [5, 5.41) is 4.25. The fourth-order valence-corrected chi connectivity index (χ4v) is 2.80. The predicted molar refractivity (Wildman–Crippen MR) is 83.0 cm³/mol. The molecule has 0 amide bonds. The van der Waals surface area contributed by atoms with Gasteiger partial charge in [-0.1, -0.05) is 29.6 Å². The molecule has 2 N–H and O–H groups in total. The third-order valence-corrected chi connectivity index (χ3v) is 3.99. The minimum Gasteiger partial charge on any atom is -0.434 e. The minimum absolute atomic E-state index is 0. The van der Waals surface area contributed by atoms with Gasteiger partial charge in [-0.2, -0.15) is 13.8 Å². The van der Waals surface area contributed by atoms with Crippen molar-refractivity contribution in [3.63, 3.8) is 0 Å². The van der Waals surface area contributed by atoms with Gasteiger partial charge in [0, 0.05) is 5.02 Å². The lowest BCUT2D eigenvalue weighted by atomic mass is 9.99. The molecular formula is C14H15Cl2F2N3O2. The second-order valence-electron chi connectivity index (χ2n) is 5.31. The number of ether oxygens (including phenoxy) is 1. The molecule has 0 saturated heterocycles. The van der Waals surface area contributed by atoms with Crippen molar-refractivity contribution < 1.29 is 18.0 Å². The van der Waals surface area contributed by atoms with Crippen LogP contribution in [0.25, 0.3) is 11.5 Å². The highest BCUT2D eigenvalue weighted by Crippen LogP contribution is 2.37. The van der Waals surface area contributed by atoms with E-state index in [4.69, 9.17) is 21.9 Å². The van der Waals surface area contributed by atoms with E-state index in [1.165, 1.54) is 18.2 Å². The molecule has 0 radical (unpaired) electrons. The number of alkyl halides is 2. The first kappa shape index (κ1) is 17.9. The van der Waals surface area contributed by atoms with Crippen LogP contribution < -0.4 is 10.5 Å². The van der Waals surface area contributed by atoms with Crippen LogP contribution in [0.5, 0.6) is 5.75 Å². The molecule has 1 aromatic heterocycles. The second kappa shape index (κ2) is 6.98. The minimum atomic E-state index is -2.96. The molecule has 0 aliphatic heterocycles. The van der Waals surface area contributed by atoms with Crippen LogP contribution in [0.15, 0.2) is 22.7 Å². The zero-order valence-corrected chi connectivity index (χ0v) is 13.5. The Morgan fingerprint density at radius 1 is 1.30 bits per heavy atom. The highest BCUT2D eigenvalue weighted by molar-refractivity contribution is 6.30. The van der Waals surface area contributed by atoms with E-state index in [2.05, 4.69) is 14.9 Å². The number of hydrogen-bond acceptors (Lipinski definition) is 5. The van der Waals surface area contributed by atoms with Crippen LogP contribution in [0.3, 0.4) is 0 Å². The van der Waals surface area contributed by atoms with Crippen LogP contribution in [-0.2, 0) is 5.54 Å². The molecule has 1 saturated carbocycles. The molecule has 1 aliphatic carbocycles. The van der Waals surface area contributed by atoms with Gasteiger partial charge in [0.1, 0.15) is 5.75 Å². The Hall–Kier alpha value is -1.44. The fourth-order valence-electron chi connectivity index (χ4n) is 2.63. The summed E-state index contributed by atoms with van der Waals surface area (Å²) >= 11 is 5.91. The van der Waals surface area contributed by atoms with Gasteiger partial charge in [-0.15, -0.1) is 12.4 Å². The molecule has 2 aromatic rings. The van der Waals surface area contributed by atoms with E-state index >= 15 is 0 Å². The topological polar surface area (TPSA) is 74.2 Å². The van der Waals surface area contributed by atoms with E-state index in [1.807, 2.05) is 0 Å². The van der Waals surface area contributed by atoms with E-state index < -0.39 is 12.2 Å². The van der Waals surface area contributed by atoms with Gasteiger partial charge in [0.15, 0.2) is 5.82 Å². The van der Waals surface area contributed by atoms with Gasteiger partial charge < -0.3 is 15.0 Å². The lowest BCUT2D eigenvalue weighted by molar-refractivity contribution is -0.0495. The molecule has 0 spiro atoms. The van der Waals surface area contributed by atoms with Gasteiger partial charge in [0.05, 0.1) is 11.1 Å². The first-order valence-corrected chi connectivity index (χ1v) is 7.23. The Bertz CT molecular complexity index is 676. The quantitative estimate of drug-likeness (QED) is 0.880. The summed E-state index contributed by atoms with van der Waals surface area (Å²) in [7, 11) is 0. The predicted octanol–water partition coefficient (Wildman–Crippen LogP) is 4.14. The molecule has 1 fully saturated rings. The molecule has 0 bridgehead atoms. The third kappa shape index (κ3) is 3.73. The molecule has 1 aliphatic rings. The Labute approximate surface area is 142 Å². The SMILES string of the molecule is Cl.NC1(c2noc(-c3cc(Cl)ccc3OC(F)F)n2)CCCC1.